The molecule has 26 heavy (non-hydrogen) atoms. The van der Waals surface area contributed by atoms with Gasteiger partial charge < -0.3 is 0 Å². The molecule has 1 aliphatic heterocycles. The van der Waals surface area contributed by atoms with Crippen LogP contribution in [0.1, 0.15) is 31.1 Å². The van der Waals surface area contributed by atoms with Gasteiger partial charge in [0.2, 0.25) is 0 Å². The molecule has 128 valence electrons. The highest BCUT2D eigenvalue weighted by Crippen LogP contribution is 2.29. The summed E-state index contributed by atoms with van der Waals surface area (Å²) < 4.78 is 13.1. The summed E-state index contributed by atoms with van der Waals surface area (Å²) in [7, 11) is 0. The first-order valence-electron chi connectivity index (χ1n) is 7.54. The van der Waals surface area contributed by atoms with E-state index in [4.69, 9.17) is 0 Å². The summed E-state index contributed by atoms with van der Waals surface area (Å²) >= 11 is 1.27. The molecular formula is C18H10FN3O3S. The molecule has 6 nitrogen and oxygen atoms in total. The van der Waals surface area contributed by atoms with Crippen LogP contribution in [0.25, 0.3) is 0 Å². The minimum absolute atomic E-state index is 0.131. The first-order valence-corrected chi connectivity index (χ1v) is 8.42. The summed E-state index contributed by atoms with van der Waals surface area (Å²) in [5, 5.41) is 4.78. The molecule has 0 bridgehead atoms. The van der Waals surface area contributed by atoms with E-state index in [1.807, 2.05) is 0 Å². The highest BCUT2D eigenvalue weighted by atomic mass is 32.1. The van der Waals surface area contributed by atoms with Gasteiger partial charge in [-0.1, -0.05) is 0 Å². The number of halogens is 1. The summed E-state index contributed by atoms with van der Waals surface area (Å²) in [6.07, 6.45) is 1.56. The zero-order valence-electron chi connectivity index (χ0n) is 13.1. The number of aromatic nitrogens is 1. The van der Waals surface area contributed by atoms with Gasteiger partial charge in [0.05, 0.1) is 16.8 Å². The molecule has 0 aliphatic carbocycles. The van der Waals surface area contributed by atoms with Crippen LogP contribution in [0.4, 0.5) is 15.2 Å². The Morgan fingerprint density at radius 3 is 2.46 bits per heavy atom. The van der Waals surface area contributed by atoms with Crippen LogP contribution in [0.15, 0.2) is 54.0 Å². The van der Waals surface area contributed by atoms with Crippen LogP contribution in [0, 0.1) is 5.82 Å². The first-order chi connectivity index (χ1) is 12.5. The highest BCUT2D eigenvalue weighted by molar-refractivity contribution is 7.13. The lowest BCUT2D eigenvalue weighted by Crippen LogP contribution is -2.29. The molecule has 0 radical (unpaired) electrons. The average Bonchev–Trinajstić information content (AvgIpc) is 3.23. The number of imide groups is 1. The number of carbonyl (C=O) groups is 3. The smallest absolute Gasteiger partial charge is 0.266 e. The van der Waals surface area contributed by atoms with E-state index in [9.17, 15) is 18.8 Å². The van der Waals surface area contributed by atoms with Crippen LogP contribution in [-0.2, 0) is 0 Å². The molecule has 2 aromatic carbocycles. The number of amides is 3. The van der Waals surface area contributed by atoms with E-state index in [0.29, 0.717) is 5.13 Å². The summed E-state index contributed by atoms with van der Waals surface area (Å²) in [5.74, 6) is -1.96. The average molecular weight is 367 g/mol. The summed E-state index contributed by atoms with van der Waals surface area (Å²) in [5.41, 5.74) is 0.837. The summed E-state index contributed by atoms with van der Waals surface area (Å²) in [6.45, 7) is 0. The molecule has 3 amide bonds. The number of hydrogen-bond acceptors (Lipinski definition) is 5. The second kappa shape index (κ2) is 6.16. The Labute approximate surface area is 150 Å². The van der Waals surface area contributed by atoms with Gasteiger partial charge in [-0.05, 0) is 42.5 Å². The molecule has 0 saturated carbocycles. The quantitative estimate of drug-likeness (QED) is 0.720. The summed E-state index contributed by atoms with van der Waals surface area (Å²) in [4.78, 5) is 42.4. The fourth-order valence-corrected chi connectivity index (χ4v) is 3.19. The Balaban J connectivity index is 1.66. The number of benzene rings is 2. The van der Waals surface area contributed by atoms with E-state index < -0.39 is 23.5 Å². The van der Waals surface area contributed by atoms with Crippen molar-refractivity contribution in [2.45, 2.75) is 0 Å². The standard InChI is InChI=1S/C18H10FN3O3S/c19-11-2-4-12(5-3-11)22-16(24)13-6-1-10(9-14(13)17(22)25)15(23)21-18-20-7-8-26-18/h1-9H,(H,20,21,23). The Hall–Kier alpha value is -3.39. The number of anilines is 2. The minimum Gasteiger partial charge on any atom is -0.298 e. The maximum absolute atomic E-state index is 13.1. The van der Waals surface area contributed by atoms with Crippen LogP contribution >= 0.6 is 11.3 Å². The first kappa shape index (κ1) is 16.1. The van der Waals surface area contributed by atoms with Gasteiger partial charge in [0.25, 0.3) is 17.7 Å². The molecule has 0 atom stereocenters. The van der Waals surface area contributed by atoms with Crippen molar-refractivity contribution < 1.29 is 18.8 Å². The maximum Gasteiger partial charge on any atom is 0.266 e. The largest absolute Gasteiger partial charge is 0.298 e. The maximum atomic E-state index is 13.1. The van der Waals surface area contributed by atoms with Gasteiger partial charge in [-0.25, -0.2) is 14.3 Å². The van der Waals surface area contributed by atoms with Crippen LogP contribution in [0.3, 0.4) is 0 Å². The van der Waals surface area contributed by atoms with Gasteiger partial charge in [0, 0.05) is 17.1 Å². The highest BCUT2D eigenvalue weighted by Gasteiger charge is 2.37. The lowest BCUT2D eigenvalue weighted by Gasteiger charge is -2.13. The van der Waals surface area contributed by atoms with Crippen molar-refractivity contribution in [1.29, 1.82) is 0 Å². The fraction of sp³-hybridized carbons (Fsp3) is 0. The van der Waals surface area contributed by atoms with Crippen molar-refractivity contribution in [3.8, 4) is 0 Å². The second-order valence-corrected chi connectivity index (χ2v) is 6.37. The summed E-state index contributed by atoms with van der Waals surface area (Å²) in [6, 6.07) is 9.34. The normalized spacial score (nSPS) is 13.0. The minimum atomic E-state index is -0.555. The molecule has 0 unspecified atom stereocenters. The third-order valence-electron chi connectivity index (χ3n) is 3.89. The van der Waals surface area contributed by atoms with Crippen molar-refractivity contribution in [2.75, 3.05) is 10.2 Å². The molecule has 0 fully saturated rings. The number of thiazole rings is 1. The number of hydrogen-bond donors (Lipinski definition) is 1. The van der Waals surface area contributed by atoms with Crippen molar-refractivity contribution in [2.24, 2.45) is 0 Å². The Bertz CT molecular complexity index is 1030. The lowest BCUT2D eigenvalue weighted by atomic mass is 10.1. The van der Waals surface area contributed by atoms with E-state index >= 15 is 0 Å². The number of nitrogens with one attached hydrogen (secondary N) is 1. The molecular weight excluding hydrogens is 357 g/mol. The fourth-order valence-electron chi connectivity index (χ4n) is 2.66. The topological polar surface area (TPSA) is 79.4 Å². The zero-order chi connectivity index (χ0) is 18.3. The van der Waals surface area contributed by atoms with Crippen LogP contribution in [0.5, 0.6) is 0 Å². The zero-order valence-corrected chi connectivity index (χ0v) is 13.9. The van der Waals surface area contributed by atoms with E-state index in [0.717, 1.165) is 4.90 Å². The Morgan fingerprint density at radius 1 is 1.04 bits per heavy atom. The second-order valence-electron chi connectivity index (χ2n) is 5.47. The van der Waals surface area contributed by atoms with Crippen molar-refractivity contribution in [3.05, 3.63) is 76.5 Å². The third kappa shape index (κ3) is 2.66. The molecule has 3 aromatic rings. The molecule has 2 heterocycles. The van der Waals surface area contributed by atoms with Gasteiger partial charge in [0.1, 0.15) is 5.82 Å². The molecule has 1 aliphatic rings. The van der Waals surface area contributed by atoms with Gasteiger partial charge in [-0.15, -0.1) is 11.3 Å². The molecule has 0 spiro atoms. The van der Waals surface area contributed by atoms with Crippen molar-refractivity contribution in [1.82, 2.24) is 4.98 Å². The number of carbonyl (C=O) groups excluding carboxylic acids is 3. The molecule has 4 rings (SSSR count). The van der Waals surface area contributed by atoms with Gasteiger partial charge in [-0.3, -0.25) is 19.7 Å². The van der Waals surface area contributed by atoms with Crippen LogP contribution in [-0.4, -0.2) is 22.7 Å². The van der Waals surface area contributed by atoms with E-state index in [1.165, 1.54) is 53.8 Å². The van der Waals surface area contributed by atoms with E-state index in [-0.39, 0.29) is 22.4 Å². The SMILES string of the molecule is O=C(Nc1nccs1)c1ccc2c(c1)C(=O)N(c1ccc(F)cc1)C2=O. The lowest BCUT2D eigenvalue weighted by molar-refractivity contribution is 0.0925. The molecule has 1 aromatic heterocycles. The Morgan fingerprint density at radius 2 is 1.77 bits per heavy atom. The Kier molecular flexibility index (Phi) is 3.81. The van der Waals surface area contributed by atoms with Crippen molar-refractivity contribution in [3.63, 3.8) is 0 Å². The van der Waals surface area contributed by atoms with E-state index in [1.54, 1.807) is 11.6 Å². The van der Waals surface area contributed by atoms with Gasteiger partial charge in [0.15, 0.2) is 5.13 Å². The van der Waals surface area contributed by atoms with Gasteiger partial charge in [-0.2, -0.15) is 0 Å². The molecule has 0 saturated heterocycles. The number of nitrogens with zero attached hydrogens (tertiary/aromatic N) is 2. The molecule has 1 N–H and O–H groups in total. The van der Waals surface area contributed by atoms with E-state index in [2.05, 4.69) is 10.3 Å². The number of fused-ring (bicyclic) bond motifs is 1. The monoisotopic (exact) mass is 367 g/mol. The van der Waals surface area contributed by atoms with Crippen LogP contribution < -0.4 is 10.2 Å². The molecule has 8 heteroatoms. The predicted octanol–water partition coefficient (Wildman–Crippen LogP) is 3.34. The predicted molar refractivity (Wildman–Crippen MR) is 94.0 cm³/mol. The van der Waals surface area contributed by atoms with Gasteiger partial charge >= 0.3 is 0 Å². The number of rotatable bonds is 3. The third-order valence-corrected chi connectivity index (χ3v) is 4.57. The van der Waals surface area contributed by atoms with Crippen LogP contribution in [0.2, 0.25) is 0 Å². The van der Waals surface area contributed by atoms with Crippen molar-refractivity contribution >= 4 is 39.9 Å².